The largest absolute Gasteiger partial charge is 0.416 e. The molecule has 0 spiro atoms. The Morgan fingerprint density at radius 2 is 1.73 bits per heavy atom. The molecule has 1 aromatic heterocycles. The highest BCUT2D eigenvalue weighted by molar-refractivity contribution is 6.09. The molecule has 3 aromatic rings. The average molecular weight is 506 g/mol. The number of anilines is 2. The van der Waals surface area contributed by atoms with Crippen molar-refractivity contribution < 1.29 is 22.8 Å². The zero-order valence-electron chi connectivity index (χ0n) is 20.1. The Morgan fingerprint density at radius 3 is 2.46 bits per heavy atom. The van der Waals surface area contributed by atoms with Crippen LogP contribution in [0.15, 0.2) is 72.4 Å². The van der Waals surface area contributed by atoms with Gasteiger partial charge in [0.05, 0.1) is 12.0 Å². The lowest BCUT2D eigenvalue weighted by atomic mass is 9.86. The molecule has 0 fully saturated rings. The molecule has 0 bridgehead atoms. The molecule has 1 aliphatic heterocycles. The zero-order valence-corrected chi connectivity index (χ0v) is 20.1. The van der Waals surface area contributed by atoms with Crippen LogP contribution in [0.25, 0.3) is 5.57 Å². The Balaban J connectivity index is 1.32. The molecule has 37 heavy (non-hydrogen) atoms. The number of allylic oxidation sites excluding steroid dienone is 1. The van der Waals surface area contributed by atoms with Crippen molar-refractivity contribution in [3.63, 3.8) is 0 Å². The summed E-state index contributed by atoms with van der Waals surface area (Å²) in [6.07, 6.45) is 1.13. The second kappa shape index (κ2) is 10.2. The molecule has 0 saturated heterocycles. The van der Waals surface area contributed by atoms with Crippen LogP contribution in [0.1, 0.15) is 48.1 Å². The lowest BCUT2D eigenvalue weighted by molar-refractivity contribution is -0.137. The number of amides is 2. The minimum Gasteiger partial charge on any atom is -0.322 e. The number of pyridine rings is 1. The Hall–Kier alpha value is -3.94. The molecule has 2 aromatic carbocycles. The standard InChI is InChI=1S/C29H26F3N3O2/c30-29(31,32)21-10-8-19(9-11-21)24-6-1-2-7-25(24)28(37)34-23-12-13-26-20(17-23)14-16-35(26)27(36)18-22-5-3-4-15-33-22/h3-5,8-13,15,17H,1-2,6-7,14,16,18H2,(H,34,37). The molecule has 8 heteroatoms. The summed E-state index contributed by atoms with van der Waals surface area (Å²) < 4.78 is 38.9. The van der Waals surface area contributed by atoms with Crippen molar-refractivity contribution in [1.82, 2.24) is 4.98 Å². The quantitative estimate of drug-likeness (QED) is 0.449. The van der Waals surface area contributed by atoms with Gasteiger partial charge in [-0.15, -0.1) is 0 Å². The lowest BCUT2D eigenvalue weighted by Crippen LogP contribution is -2.30. The van der Waals surface area contributed by atoms with Crippen LogP contribution in [0, 0.1) is 0 Å². The summed E-state index contributed by atoms with van der Waals surface area (Å²) in [4.78, 5) is 32.1. The number of hydrogen-bond acceptors (Lipinski definition) is 3. The number of aromatic nitrogens is 1. The smallest absolute Gasteiger partial charge is 0.322 e. The third kappa shape index (κ3) is 5.43. The first-order valence-electron chi connectivity index (χ1n) is 12.3. The van der Waals surface area contributed by atoms with E-state index in [0.717, 1.165) is 47.5 Å². The van der Waals surface area contributed by atoms with Crippen LogP contribution in [0.5, 0.6) is 0 Å². The van der Waals surface area contributed by atoms with Gasteiger partial charge in [0.1, 0.15) is 0 Å². The van der Waals surface area contributed by atoms with Crippen LogP contribution in [0.4, 0.5) is 24.5 Å². The van der Waals surface area contributed by atoms with Gasteiger partial charge in [-0.3, -0.25) is 14.6 Å². The van der Waals surface area contributed by atoms with Crippen LogP contribution in [0.3, 0.4) is 0 Å². The maximum atomic E-state index is 13.2. The van der Waals surface area contributed by atoms with Crippen molar-refractivity contribution in [1.29, 1.82) is 0 Å². The SMILES string of the molecule is O=C(Nc1ccc2c(c1)CCN2C(=O)Cc1ccccn1)C1=C(c2ccc(C(F)(F)F)cc2)CCCC1. The molecule has 1 N–H and O–H groups in total. The van der Waals surface area contributed by atoms with E-state index in [1.165, 1.54) is 12.1 Å². The van der Waals surface area contributed by atoms with Gasteiger partial charge < -0.3 is 10.2 Å². The predicted molar refractivity (Wildman–Crippen MR) is 136 cm³/mol. The Bertz CT molecular complexity index is 1350. The van der Waals surface area contributed by atoms with E-state index >= 15 is 0 Å². The number of fused-ring (bicyclic) bond motifs is 1. The van der Waals surface area contributed by atoms with Crippen molar-refractivity contribution in [3.8, 4) is 0 Å². The molecular weight excluding hydrogens is 479 g/mol. The van der Waals surface area contributed by atoms with Crippen molar-refractivity contribution >= 4 is 28.8 Å². The number of carbonyl (C=O) groups excluding carboxylic acids is 2. The Kier molecular flexibility index (Phi) is 6.82. The molecule has 0 unspecified atom stereocenters. The predicted octanol–water partition coefficient (Wildman–Crippen LogP) is 6.20. The van der Waals surface area contributed by atoms with E-state index in [1.54, 1.807) is 17.2 Å². The van der Waals surface area contributed by atoms with Crippen LogP contribution in [0.2, 0.25) is 0 Å². The molecule has 2 aliphatic rings. The number of rotatable bonds is 5. The van der Waals surface area contributed by atoms with E-state index in [2.05, 4.69) is 10.3 Å². The Morgan fingerprint density at radius 1 is 0.946 bits per heavy atom. The minimum atomic E-state index is -4.40. The molecule has 2 amide bonds. The third-order valence-electron chi connectivity index (χ3n) is 6.90. The van der Waals surface area contributed by atoms with Crippen molar-refractivity contribution in [3.05, 3.63) is 94.8 Å². The van der Waals surface area contributed by atoms with Gasteiger partial charge in [-0.2, -0.15) is 13.2 Å². The summed E-state index contributed by atoms with van der Waals surface area (Å²) in [7, 11) is 0. The molecular formula is C29H26F3N3O2. The van der Waals surface area contributed by atoms with Gasteiger partial charge in [0.25, 0.3) is 5.91 Å². The summed E-state index contributed by atoms with van der Waals surface area (Å²) in [5.41, 5.74) is 4.51. The first-order valence-corrected chi connectivity index (χ1v) is 12.3. The number of benzene rings is 2. The van der Waals surface area contributed by atoms with Gasteiger partial charge >= 0.3 is 6.18 Å². The van der Waals surface area contributed by atoms with Gasteiger partial charge in [-0.05, 0) is 91.3 Å². The molecule has 5 nitrogen and oxygen atoms in total. The lowest BCUT2D eigenvalue weighted by Gasteiger charge is -2.21. The second-order valence-corrected chi connectivity index (χ2v) is 9.33. The summed E-state index contributed by atoms with van der Waals surface area (Å²) >= 11 is 0. The topological polar surface area (TPSA) is 62.3 Å². The van der Waals surface area contributed by atoms with Gasteiger partial charge in [0.15, 0.2) is 0 Å². The summed E-state index contributed by atoms with van der Waals surface area (Å²) in [5, 5.41) is 2.97. The molecule has 0 saturated carbocycles. The van der Waals surface area contributed by atoms with Gasteiger partial charge in [0, 0.05) is 35.4 Å². The fourth-order valence-corrected chi connectivity index (χ4v) is 5.03. The van der Waals surface area contributed by atoms with E-state index in [4.69, 9.17) is 0 Å². The van der Waals surface area contributed by atoms with Crippen LogP contribution >= 0.6 is 0 Å². The number of nitrogens with zero attached hydrogens (tertiary/aromatic N) is 2. The average Bonchev–Trinajstić information content (AvgIpc) is 3.32. The van der Waals surface area contributed by atoms with Crippen LogP contribution in [-0.2, 0) is 28.6 Å². The molecule has 5 rings (SSSR count). The van der Waals surface area contributed by atoms with Crippen molar-refractivity contribution in [2.45, 2.75) is 44.7 Å². The van der Waals surface area contributed by atoms with Crippen molar-refractivity contribution in [2.24, 2.45) is 0 Å². The van der Waals surface area contributed by atoms with Gasteiger partial charge in [0.2, 0.25) is 5.91 Å². The van der Waals surface area contributed by atoms with E-state index in [1.807, 2.05) is 30.3 Å². The molecule has 0 atom stereocenters. The van der Waals surface area contributed by atoms with Gasteiger partial charge in [-0.25, -0.2) is 0 Å². The molecule has 0 radical (unpaired) electrons. The first-order chi connectivity index (χ1) is 17.8. The summed E-state index contributed by atoms with van der Waals surface area (Å²) in [6, 6.07) is 16.0. The maximum absolute atomic E-state index is 13.2. The number of hydrogen-bond donors (Lipinski definition) is 1. The summed E-state index contributed by atoms with van der Waals surface area (Å²) in [5.74, 6) is -0.265. The van der Waals surface area contributed by atoms with Gasteiger partial charge in [-0.1, -0.05) is 18.2 Å². The third-order valence-corrected chi connectivity index (χ3v) is 6.90. The van der Waals surface area contributed by atoms with Crippen LogP contribution < -0.4 is 10.2 Å². The normalized spacial score (nSPS) is 15.5. The van der Waals surface area contributed by atoms with Crippen LogP contribution in [-0.4, -0.2) is 23.3 Å². The number of nitrogens with one attached hydrogen (secondary N) is 1. The minimum absolute atomic E-state index is 0.0252. The van der Waals surface area contributed by atoms with E-state index < -0.39 is 11.7 Å². The van der Waals surface area contributed by atoms with E-state index in [-0.39, 0.29) is 18.2 Å². The molecule has 190 valence electrons. The summed E-state index contributed by atoms with van der Waals surface area (Å²) in [6.45, 7) is 0.571. The molecule has 1 aliphatic carbocycles. The number of alkyl halides is 3. The fourth-order valence-electron chi connectivity index (χ4n) is 5.03. The number of carbonyl (C=O) groups is 2. The highest BCUT2D eigenvalue weighted by atomic mass is 19.4. The fraction of sp³-hybridized carbons (Fsp3) is 0.276. The zero-order chi connectivity index (χ0) is 26.0. The second-order valence-electron chi connectivity index (χ2n) is 9.33. The number of halogens is 3. The highest BCUT2D eigenvalue weighted by Crippen LogP contribution is 2.36. The van der Waals surface area contributed by atoms with Crippen molar-refractivity contribution in [2.75, 3.05) is 16.8 Å². The van der Waals surface area contributed by atoms with E-state index in [0.29, 0.717) is 42.6 Å². The molecule has 2 heterocycles. The highest BCUT2D eigenvalue weighted by Gasteiger charge is 2.30. The van der Waals surface area contributed by atoms with E-state index in [9.17, 15) is 22.8 Å². The Labute approximate surface area is 213 Å². The maximum Gasteiger partial charge on any atom is 0.416 e. The monoisotopic (exact) mass is 505 g/mol. The first kappa shape index (κ1) is 24.7.